The number of fused-ring (bicyclic) bond motifs is 1. The van der Waals surface area contributed by atoms with Crippen LogP contribution in [0.15, 0.2) is 36.5 Å². The normalized spacial score (nSPS) is 21.7. The van der Waals surface area contributed by atoms with Crippen molar-refractivity contribution in [2.75, 3.05) is 0 Å². The Bertz CT molecular complexity index is 632. The van der Waals surface area contributed by atoms with Gasteiger partial charge in [-0.2, -0.15) is 0 Å². The van der Waals surface area contributed by atoms with Gasteiger partial charge in [0.1, 0.15) is 0 Å². The molecule has 4 rings (SSSR count). The highest BCUT2D eigenvalue weighted by atomic mass is 15.0. The standard InChI is InChI=1S/C19H23N3/c1-2-7-14(8-3-1)19-20-13-16-17(11-6-12-18(16)22-19)21-15-9-4-5-10-15/h1-3,7-8,13,15,17,21H,4-6,9-12H2/t17-/m1/s1. The second kappa shape index (κ2) is 6.17. The highest BCUT2D eigenvalue weighted by Gasteiger charge is 2.25. The summed E-state index contributed by atoms with van der Waals surface area (Å²) < 4.78 is 0. The SMILES string of the molecule is c1ccc(-c2ncc3c(n2)CCC[C@H]3NC2CCCC2)cc1. The van der Waals surface area contributed by atoms with Gasteiger partial charge in [-0.3, -0.25) is 0 Å². The number of nitrogens with one attached hydrogen (secondary N) is 1. The van der Waals surface area contributed by atoms with Gasteiger partial charge >= 0.3 is 0 Å². The Balaban J connectivity index is 1.60. The molecule has 0 spiro atoms. The largest absolute Gasteiger partial charge is 0.307 e. The van der Waals surface area contributed by atoms with Gasteiger partial charge in [-0.15, -0.1) is 0 Å². The van der Waals surface area contributed by atoms with E-state index in [1.165, 1.54) is 49.8 Å². The number of nitrogens with zero attached hydrogens (tertiary/aromatic N) is 2. The molecule has 3 heteroatoms. The molecule has 1 aromatic heterocycles. The van der Waals surface area contributed by atoms with Gasteiger partial charge in [0.25, 0.3) is 0 Å². The molecule has 1 fully saturated rings. The van der Waals surface area contributed by atoms with E-state index in [0.29, 0.717) is 12.1 Å². The van der Waals surface area contributed by atoms with Crippen LogP contribution < -0.4 is 5.32 Å². The van der Waals surface area contributed by atoms with Crippen molar-refractivity contribution in [2.45, 2.75) is 57.0 Å². The fourth-order valence-corrected chi connectivity index (χ4v) is 3.82. The van der Waals surface area contributed by atoms with Crippen molar-refractivity contribution < 1.29 is 0 Å². The molecule has 0 bridgehead atoms. The minimum atomic E-state index is 0.455. The molecule has 0 aliphatic heterocycles. The lowest BCUT2D eigenvalue weighted by Gasteiger charge is -2.28. The molecular formula is C19H23N3. The quantitative estimate of drug-likeness (QED) is 0.927. The lowest BCUT2D eigenvalue weighted by atomic mass is 9.91. The Labute approximate surface area is 132 Å². The van der Waals surface area contributed by atoms with Crippen LogP contribution in [0.1, 0.15) is 55.8 Å². The van der Waals surface area contributed by atoms with Crippen LogP contribution in [0, 0.1) is 0 Å². The van der Waals surface area contributed by atoms with E-state index in [1.54, 1.807) is 0 Å². The molecule has 1 saturated carbocycles. The summed E-state index contributed by atoms with van der Waals surface area (Å²) in [6, 6.07) is 11.4. The zero-order chi connectivity index (χ0) is 14.8. The minimum Gasteiger partial charge on any atom is -0.307 e. The molecule has 1 heterocycles. The van der Waals surface area contributed by atoms with Gasteiger partial charge in [-0.1, -0.05) is 43.2 Å². The molecule has 0 amide bonds. The highest BCUT2D eigenvalue weighted by Crippen LogP contribution is 2.31. The van der Waals surface area contributed by atoms with Gasteiger partial charge in [0.2, 0.25) is 0 Å². The van der Waals surface area contributed by atoms with Gasteiger partial charge in [-0.25, -0.2) is 9.97 Å². The van der Waals surface area contributed by atoms with Gasteiger partial charge in [0.15, 0.2) is 5.82 Å². The second-order valence-electron chi connectivity index (χ2n) is 6.55. The predicted octanol–water partition coefficient (Wildman–Crippen LogP) is 4.05. The van der Waals surface area contributed by atoms with Crippen molar-refractivity contribution in [3.8, 4) is 11.4 Å². The highest BCUT2D eigenvalue weighted by molar-refractivity contribution is 5.55. The molecular weight excluding hydrogens is 270 g/mol. The number of aromatic nitrogens is 2. The van der Waals surface area contributed by atoms with Crippen molar-refractivity contribution in [2.24, 2.45) is 0 Å². The number of benzene rings is 1. The van der Waals surface area contributed by atoms with Crippen molar-refractivity contribution in [3.63, 3.8) is 0 Å². The summed E-state index contributed by atoms with van der Waals surface area (Å²) in [5, 5.41) is 3.85. The van der Waals surface area contributed by atoms with E-state index < -0.39 is 0 Å². The van der Waals surface area contributed by atoms with E-state index in [2.05, 4.69) is 28.6 Å². The average Bonchev–Trinajstić information content (AvgIpc) is 3.08. The number of hydrogen-bond donors (Lipinski definition) is 1. The molecule has 1 aromatic carbocycles. The summed E-state index contributed by atoms with van der Waals surface area (Å²) in [6.45, 7) is 0. The lowest BCUT2D eigenvalue weighted by Crippen LogP contribution is -2.33. The van der Waals surface area contributed by atoms with E-state index in [0.717, 1.165) is 17.8 Å². The maximum atomic E-state index is 4.86. The van der Waals surface area contributed by atoms with E-state index in [-0.39, 0.29) is 0 Å². The predicted molar refractivity (Wildman–Crippen MR) is 88.5 cm³/mol. The Hall–Kier alpha value is -1.74. The van der Waals surface area contributed by atoms with Crippen LogP contribution >= 0.6 is 0 Å². The first-order valence-electron chi connectivity index (χ1n) is 8.57. The Morgan fingerprint density at radius 2 is 1.77 bits per heavy atom. The number of hydrogen-bond acceptors (Lipinski definition) is 3. The molecule has 2 aromatic rings. The summed E-state index contributed by atoms with van der Waals surface area (Å²) in [6.07, 6.45) is 11.0. The molecule has 114 valence electrons. The summed E-state index contributed by atoms with van der Waals surface area (Å²) >= 11 is 0. The number of aryl methyl sites for hydroxylation is 1. The molecule has 0 radical (unpaired) electrons. The van der Waals surface area contributed by atoms with Gasteiger partial charge < -0.3 is 5.32 Å². The van der Waals surface area contributed by atoms with Crippen molar-refractivity contribution in [1.82, 2.24) is 15.3 Å². The monoisotopic (exact) mass is 293 g/mol. The van der Waals surface area contributed by atoms with E-state index in [9.17, 15) is 0 Å². The van der Waals surface area contributed by atoms with Gasteiger partial charge in [0.05, 0.1) is 0 Å². The molecule has 3 nitrogen and oxygen atoms in total. The second-order valence-corrected chi connectivity index (χ2v) is 6.55. The first kappa shape index (κ1) is 13.9. The van der Waals surface area contributed by atoms with E-state index in [4.69, 9.17) is 4.98 Å². The molecule has 1 atom stereocenters. The molecule has 2 aliphatic carbocycles. The van der Waals surface area contributed by atoms with Gasteiger partial charge in [0, 0.05) is 35.1 Å². The fraction of sp³-hybridized carbons (Fsp3) is 0.474. The zero-order valence-corrected chi connectivity index (χ0v) is 13.0. The van der Waals surface area contributed by atoms with Crippen LogP contribution in [-0.2, 0) is 6.42 Å². The zero-order valence-electron chi connectivity index (χ0n) is 13.0. The minimum absolute atomic E-state index is 0.455. The summed E-state index contributed by atoms with van der Waals surface area (Å²) in [7, 11) is 0. The van der Waals surface area contributed by atoms with Crippen LogP contribution in [-0.4, -0.2) is 16.0 Å². The summed E-state index contributed by atoms with van der Waals surface area (Å²) in [4.78, 5) is 9.49. The summed E-state index contributed by atoms with van der Waals surface area (Å²) in [5.74, 6) is 0.862. The smallest absolute Gasteiger partial charge is 0.159 e. The molecule has 0 unspecified atom stereocenters. The third-order valence-corrected chi connectivity index (χ3v) is 5.01. The molecule has 1 N–H and O–H groups in total. The Morgan fingerprint density at radius 3 is 2.59 bits per heavy atom. The third kappa shape index (κ3) is 2.78. The maximum absolute atomic E-state index is 4.86. The van der Waals surface area contributed by atoms with Gasteiger partial charge in [-0.05, 0) is 32.1 Å². The van der Waals surface area contributed by atoms with Crippen LogP contribution in [0.4, 0.5) is 0 Å². The molecule has 0 saturated heterocycles. The maximum Gasteiger partial charge on any atom is 0.159 e. The fourth-order valence-electron chi connectivity index (χ4n) is 3.82. The first-order chi connectivity index (χ1) is 10.9. The first-order valence-corrected chi connectivity index (χ1v) is 8.57. The molecule has 22 heavy (non-hydrogen) atoms. The average molecular weight is 293 g/mol. The van der Waals surface area contributed by atoms with Crippen molar-refractivity contribution >= 4 is 0 Å². The lowest BCUT2D eigenvalue weighted by molar-refractivity contribution is 0.393. The Kier molecular flexibility index (Phi) is 3.90. The third-order valence-electron chi connectivity index (χ3n) is 5.01. The van der Waals surface area contributed by atoms with E-state index in [1.807, 2.05) is 18.2 Å². The van der Waals surface area contributed by atoms with Crippen LogP contribution in [0.3, 0.4) is 0 Å². The Morgan fingerprint density at radius 1 is 0.955 bits per heavy atom. The van der Waals surface area contributed by atoms with E-state index >= 15 is 0 Å². The summed E-state index contributed by atoms with van der Waals surface area (Å²) in [5.41, 5.74) is 3.68. The van der Waals surface area contributed by atoms with Crippen LogP contribution in [0.5, 0.6) is 0 Å². The topological polar surface area (TPSA) is 37.8 Å². The van der Waals surface area contributed by atoms with Crippen molar-refractivity contribution in [1.29, 1.82) is 0 Å². The number of rotatable bonds is 3. The van der Waals surface area contributed by atoms with Crippen molar-refractivity contribution in [3.05, 3.63) is 47.8 Å². The molecule has 2 aliphatic rings. The van der Waals surface area contributed by atoms with Crippen LogP contribution in [0.25, 0.3) is 11.4 Å². The van der Waals surface area contributed by atoms with Crippen LogP contribution in [0.2, 0.25) is 0 Å².